The van der Waals surface area contributed by atoms with Crippen LogP contribution in [-0.2, 0) is 24.3 Å². The van der Waals surface area contributed by atoms with E-state index in [9.17, 15) is 14.7 Å². The van der Waals surface area contributed by atoms with Crippen LogP contribution in [0.3, 0.4) is 0 Å². The number of aliphatic hydroxyl groups is 1. The van der Waals surface area contributed by atoms with Gasteiger partial charge in [-0.15, -0.1) is 0 Å². The van der Waals surface area contributed by atoms with Crippen molar-refractivity contribution in [1.82, 2.24) is 15.1 Å². The van der Waals surface area contributed by atoms with Crippen LogP contribution in [0.15, 0.2) is 72.8 Å². The summed E-state index contributed by atoms with van der Waals surface area (Å²) in [6.45, 7) is 4.82. The highest BCUT2D eigenvalue weighted by Crippen LogP contribution is 2.38. The number of benzene rings is 3. The normalized spacial score (nSPS) is 19.2. The number of fused-ring (bicyclic) bond motifs is 1. The van der Waals surface area contributed by atoms with Gasteiger partial charge in [-0.05, 0) is 67.0 Å². The Hall–Kier alpha value is -3.68. The summed E-state index contributed by atoms with van der Waals surface area (Å²) in [7, 11) is 2.11. The highest BCUT2D eigenvalue weighted by atomic mass is 16.6. The lowest BCUT2D eigenvalue weighted by molar-refractivity contribution is -0.127. The predicted molar refractivity (Wildman–Crippen MR) is 169 cm³/mol. The van der Waals surface area contributed by atoms with Crippen molar-refractivity contribution in [3.05, 3.63) is 101 Å². The van der Waals surface area contributed by atoms with E-state index in [4.69, 9.17) is 4.74 Å². The van der Waals surface area contributed by atoms with E-state index in [0.29, 0.717) is 18.8 Å². The first kappa shape index (κ1) is 30.8. The molecular weight excluding hydrogens is 538 g/mol. The number of carbonyl (C=O) groups is 2. The molecule has 3 aromatic carbocycles. The van der Waals surface area contributed by atoms with Crippen molar-refractivity contribution in [3.8, 4) is 5.75 Å². The fourth-order valence-electron chi connectivity index (χ4n) is 6.61. The van der Waals surface area contributed by atoms with Crippen LogP contribution in [0.2, 0.25) is 0 Å². The van der Waals surface area contributed by atoms with Gasteiger partial charge in [0.25, 0.3) is 0 Å². The molecule has 7 nitrogen and oxygen atoms in total. The number of nitrogens with zero attached hydrogens (tertiary/aromatic N) is 2. The SMILES string of the molecule is CCCN(Cc1ccc([C@H]2CCCC[C@@H]2C(=O)N[C@@H](CO)c2ccccc2)cc1)C(=O)Oc1cccc2c1CCN(C)C2. The Labute approximate surface area is 255 Å². The second-order valence-corrected chi connectivity index (χ2v) is 12.1. The van der Waals surface area contributed by atoms with E-state index in [-0.39, 0.29) is 30.4 Å². The lowest BCUT2D eigenvalue weighted by Crippen LogP contribution is -2.39. The maximum Gasteiger partial charge on any atom is 0.415 e. The van der Waals surface area contributed by atoms with Crippen molar-refractivity contribution in [3.63, 3.8) is 0 Å². The van der Waals surface area contributed by atoms with E-state index in [1.165, 1.54) is 5.56 Å². The molecule has 2 aliphatic rings. The number of hydrogen-bond donors (Lipinski definition) is 2. The summed E-state index contributed by atoms with van der Waals surface area (Å²) in [5, 5.41) is 13.1. The van der Waals surface area contributed by atoms with Gasteiger partial charge < -0.3 is 25.0 Å². The zero-order valence-corrected chi connectivity index (χ0v) is 25.5. The minimum atomic E-state index is -0.411. The fourth-order valence-corrected chi connectivity index (χ4v) is 6.61. The Morgan fingerprint density at radius 3 is 2.53 bits per heavy atom. The number of likely N-dealkylation sites (N-methyl/N-ethyl adjacent to an activating group) is 1. The first-order valence-corrected chi connectivity index (χ1v) is 15.8. The molecule has 0 aromatic heterocycles. The van der Waals surface area contributed by atoms with Crippen LogP contribution in [-0.4, -0.2) is 53.7 Å². The van der Waals surface area contributed by atoms with E-state index >= 15 is 0 Å². The molecule has 1 heterocycles. The lowest BCUT2D eigenvalue weighted by atomic mass is 9.74. The van der Waals surface area contributed by atoms with E-state index in [2.05, 4.69) is 54.5 Å². The number of ether oxygens (including phenoxy) is 1. The maximum atomic E-state index is 13.5. The van der Waals surface area contributed by atoms with E-state index in [1.807, 2.05) is 42.5 Å². The van der Waals surface area contributed by atoms with Gasteiger partial charge in [0, 0.05) is 37.7 Å². The first-order valence-electron chi connectivity index (χ1n) is 15.8. The monoisotopic (exact) mass is 583 g/mol. The van der Waals surface area contributed by atoms with Crippen molar-refractivity contribution < 1.29 is 19.4 Å². The Balaban J connectivity index is 1.25. The zero-order chi connectivity index (χ0) is 30.2. The van der Waals surface area contributed by atoms with Gasteiger partial charge in [-0.1, -0.05) is 86.5 Å². The molecular formula is C36H45N3O4. The first-order chi connectivity index (χ1) is 21.0. The molecule has 3 aromatic rings. The highest BCUT2D eigenvalue weighted by molar-refractivity contribution is 5.80. The van der Waals surface area contributed by atoms with Crippen LogP contribution < -0.4 is 10.1 Å². The average Bonchev–Trinajstić information content (AvgIpc) is 3.04. The van der Waals surface area contributed by atoms with Crippen LogP contribution in [0, 0.1) is 5.92 Å². The Morgan fingerprint density at radius 2 is 1.79 bits per heavy atom. The third kappa shape index (κ3) is 7.64. The minimum absolute atomic E-state index is 0.00305. The molecule has 1 aliphatic heterocycles. The lowest BCUT2D eigenvalue weighted by Gasteiger charge is -2.32. The number of carbonyl (C=O) groups excluding carboxylic acids is 2. The Kier molecular flexibility index (Phi) is 10.5. The van der Waals surface area contributed by atoms with Crippen molar-refractivity contribution in [1.29, 1.82) is 0 Å². The van der Waals surface area contributed by atoms with Gasteiger partial charge in [0.1, 0.15) is 5.75 Å². The summed E-state index contributed by atoms with van der Waals surface area (Å²) in [4.78, 5) is 30.8. The van der Waals surface area contributed by atoms with Gasteiger partial charge in [-0.2, -0.15) is 0 Å². The molecule has 43 heavy (non-hydrogen) atoms. The van der Waals surface area contributed by atoms with Crippen molar-refractivity contribution >= 4 is 12.0 Å². The fraction of sp³-hybridized carbons (Fsp3) is 0.444. The second kappa shape index (κ2) is 14.7. The predicted octanol–water partition coefficient (Wildman–Crippen LogP) is 6.21. The summed E-state index contributed by atoms with van der Waals surface area (Å²) < 4.78 is 5.97. The third-order valence-electron chi connectivity index (χ3n) is 8.95. The molecule has 2 amide bonds. The van der Waals surface area contributed by atoms with Crippen LogP contribution in [0.5, 0.6) is 5.75 Å². The number of nitrogens with one attached hydrogen (secondary N) is 1. The van der Waals surface area contributed by atoms with Gasteiger partial charge in [0.15, 0.2) is 0 Å². The standard InChI is InChI=1S/C36H45N3O4/c1-3-21-39(36(42)43-34-15-9-12-29-24-38(2)22-20-31(29)34)23-26-16-18-27(19-17-26)30-13-7-8-14-32(30)35(41)37-33(25-40)28-10-5-4-6-11-28/h4-6,9-12,15-19,30,32-33,40H,3,7-8,13-14,20-25H2,1-2H3,(H,37,41)/t30-,32+,33+/m1/s1. The smallest absolute Gasteiger partial charge is 0.410 e. The molecule has 0 saturated heterocycles. The summed E-state index contributed by atoms with van der Waals surface area (Å²) in [5.41, 5.74) is 5.44. The molecule has 1 saturated carbocycles. The molecule has 228 valence electrons. The molecule has 3 atom stereocenters. The maximum absolute atomic E-state index is 13.5. The van der Waals surface area contributed by atoms with E-state index in [0.717, 1.165) is 73.9 Å². The quantitative estimate of drug-likeness (QED) is 0.297. The van der Waals surface area contributed by atoms with Crippen molar-refractivity contribution in [2.75, 3.05) is 26.7 Å². The van der Waals surface area contributed by atoms with Gasteiger partial charge in [-0.25, -0.2) is 4.79 Å². The van der Waals surface area contributed by atoms with Crippen LogP contribution in [0.1, 0.15) is 78.8 Å². The van der Waals surface area contributed by atoms with E-state index in [1.54, 1.807) is 4.90 Å². The van der Waals surface area contributed by atoms with Crippen LogP contribution in [0.25, 0.3) is 0 Å². The molecule has 0 spiro atoms. The topological polar surface area (TPSA) is 82.1 Å². The minimum Gasteiger partial charge on any atom is -0.410 e. The molecule has 1 fully saturated rings. The second-order valence-electron chi connectivity index (χ2n) is 12.1. The molecule has 2 N–H and O–H groups in total. The summed E-state index contributed by atoms with van der Waals surface area (Å²) in [6.07, 6.45) is 5.29. The molecule has 7 heteroatoms. The number of amides is 2. The summed E-state index contributed by atoms with van der Waals surface area (Å²) in [5.74, 6) is 0.658. The Bertz CT molecular complexity index is 1360. The molecule has 1 aliphatic carbocycles. The van der Waals surface area contributed by atoms with Crippen molar-refractivity contribution in [2.24, 2.45) is 5.92 Å². The number of rotatable bonds is 10. The molecule has 0 radical (unpaired) electrons. The zero-order valence-electron chi connectivity index (χ0n) is 25.5. The number of hydrogen-bond acceptors (Lipinski definition) is 5. The highest BCUT2D eigenvalue weighted by Gasteiger charge is 2.33. The number of aliphatic hydroxyl groups excluding tert-OH is 1. The van der Waals surface area contributed by atoms with Crippen LogP contribution in [0.4, 0.5) is 4.79 Å². The molecule has 0 unspecified atom stereocenters. The Morgan fingerprint density at radius 1 is 1.02 bits per heavy atom. The van der Waals surface area contributed by atoms with Crippen molar-refractivity contribution in [2.45, 2.75) is 70.5 Å². The third-order valence-corrected chi connectivity index (χ3v) is 8.95. The van der Waals surface area contributed by atoms with E-state index < -0.39 is 6.04 Å². The molecule has 5 rings (SSSR count). The van der Waals surface area contributed by atoms with Gasteiger partial charge in [0.05, 0.1) is 12.6 Å². The van der Waals surface area contributed by atoms with Gasteiger partial charge >= 0.3 is 6.09 Å². The summed E-state index contributed by atoms with van der Waals surface area (Å²) >= 11 is 0. The van der Waals surface area contributed by atoms with Gasteiger partial charge in [0.2, 0.25) is 5.91 Å². The molecule has 0 bridgehead atoms. The van der Waals surface area contributed by atoms with Gasteiger partial charge in [-0.3, -0.25) is 4.79 Å². The summed E-state index contributed by atoms with van der Waals surface area (Å²) in [6, 6.07) is 23.6. The largest absolute Gasteiger partial charge is 0.415 e. The average molecular weight is 584 g/mol. The van der Waals surface area contributed by atoms with Crippen LogP contribution >= 0.6 is 0 Å².